The SMILES string of the molecule is CCc1ccc([C@]23CCC(=O)[C@H](O2)[C@H]2[C@@H]3c3cc(Br)ccc3N2C)cc1. The molecular weight excluding hydrogens is 390 g/mol. The Kier molecular flexibility index (Phi) is 3.60. The minimum absolute atomic E-state index is 0.0835. The van der Waals surface area contributed by atoms with Crippen LogP contribution in [-0.4, -0.2) is 25.0 Å². The lowest BCUT2D eigenvalue weighted by Crippen LogP contribution is -2.42. The van der Waals surface area contributed by atoms with E-state index in [4.69, 9.17) is 4.74 Å². The van der Waals surface area contributed by atoms with Gasteiger partial charge in [0.1, 0.15) is 11.7 Å². The first-order chi connectivity index (χ1) is 12.5. The first kappa shape index (κ1) is 16.5. The highest BCUT2D eigenvalue weighted by atomic mass is 79.9. The maximum Gasteiger partial charge on any atom is 0.163 e. The molecule has 0 spiro atoms. The van der Waals surface area contributed by atoms with Crippen molar-refractivity contribution in [2.45, 2.75) is 49.9 Å². The van der Waals surface area contributed by atoms with Gasteiger partial charge in [-0.05, 0) is 47.7 Å². The lowest BCUT2D eigenvalue weighted by molar-refractivity contribution is -0.148. The van der Waals surface area contributed by atoms with Gasteiger partial charge in [-0.2, -0.15) is 0 Å². The number of ketones is 1. The van der Waals surface area contributed by atoms with Gasteiger partial charge in [-0.3, -0.25) is 4.79 Å². The van der Waals surface area contributed by atoms with Crippen molar-refractivity contribution in [1.29, 1.82) is 0 Å². The fourth-order valence-corrected chi connectivity index (χ4v) is 5.65. The molecule has 134 valence electrons. The van der Waals surface area contributed by atoms with Crippen LogP contribution < -0.4 is 4.90 Å². The second-order valence-corrected chi connectivity index (χ2v) is 8.64. The van der Waals surface area contributed by atoms with Crippen LogP contribution in [0.15, 0.2) is 46.9 Å². The van der Waals surface area contributed by atoms with Crippen molar-refractivity contribution >= 4 is 27.4 Å². The standard InChI is InChI=1S/C22H22BrNO2/c1-3-13-4-6-14(7-5-13)22-11-10-18(25)21(26-22)20-19(22)16-12-15(23)8-9-17(16)24(20)2/h4-9,12,19-21H,3,10-11H2,1-2H3/t19-,20+,21-,22-/m0/s1. The van der Waals surface area contributed by atoms with Crippen molar-refractivity contribution in [2.24, 2.45) is 0 Å². The summed E-state index contributed by atoms with van der Waals surface area (Å²) in [6.45, 7) is 2.17. The van der Waals surface area contributed by atoms with Crippen LogP contribution in [0.4, 0.5) is 5.69 Å². The van der Waals surface area contributed by atoms with E-state index in [2.05, 4.69) is 77.3 Å². The second-order valence-electron chi connectivity index (χ2n) is 7.73. The number of ether oxygens (including phenoxy) is 1. The number of nitrogens with zero attached hydrogens (tertiary/aromatic N) is 1. The average Bonchev–Trinajstić information content (AvgIpc) is 3.11. The number of hydrogen-bond acceptors (Lipinski definition) is 3. The fraction of sp³-hybridized carbons (Fsp3) is 0.409. The number of benzene rings is 2. The minimum atomic E-state index is -0.407. The maximum absolute atomic E-state index is 12.7. The van der Waals surface area contributed by atoms with Gasteiger partial charge in [-0.1, -0.05) is 47.1 Å². The summed E-state index contributed by atoms with van der Waals surface area (Å²) in [6.07, 6.45) is 2.05. The highest BCUT2D eigenvalue weighted by molar-refractivity contribution is 9.10. The number of anilines is 1. The average molecular weight is 412 g/mol. The van der Waals surface area contributed by atoms with Gasteiger partial charge in [0.15, 0.2) is 5.78 Å². The number of hydrogen-bond donors (Lipinski definition) is 0. The fourth-order valence-electron chi connectivity index (χ4n) is 5.27. The third kappa shape index (κ3) is 2.06. The Morgan fingerprint density at radius 3 is 2.73 bits per heavy atom. The summed E-state index contributed by atoms with van der Waals surface area (Å²) >= 11 is 3.63. The molecule has 0 unspecified atom stereocenters. The van der Waals surface area contributed by atoms with Crippen LogP contribution in [0.5, 0.6) is 0 Å². The van der Waals surface area contributed by atoms with E-state index in [1.165, 1.54) is 22.4 Å². The van der Waals surface area contributed by atoms with Crippen molar-refractivity contribution < 1.29 is 9.53 Å². The largest absolute Gasteiger partial charge is 0.368 e. The molecule has 3 nitrogen and oxygen atoms in total. The summed E-state index contributed by atoms with van der Waals surface area (Å²) in [7, 11) is 2.10. The van der Waals surface area contributed by atoms with Crippen LogP contribution in [-0.2, 0) is 21.6 Å². The van der Waals surface area contributed by atoms with Crippen molar-refractivity contribution in [2.75, 3.05) is 11.9 Å². The van der Waals surface area contributed by atoms with Crippen LogP contribution in [0.2, 0.25) is 0 Å². The molecule has 0 radical (unpaired) electrons. The van der Waals surface area contributed by atoms with E-state index >= 15 is 0 Å². The molecule has 4 atom stereocenters. The van der Waals surface area contributed by atoms with Crippen molar-refractivity contribution in [3.63, 3.8) is 0 Å². The lowest BCUT2D eigenvalue weighted by atomic mass is 9.75. The summed E-state index contributed by atoms with van der Waals surface area (Å²) in [6, 6.07) is 15.4. The number of carbonyl (C=O) groups is 1. The zero-order valence-electron chi connectivity index (χ0n) is 15.0. The quantitative estimate of drug-likeness (QED) is 0.724. The molecule has 4 heteroatoms. The van der Waals surface area contributed by atoms with Crippen LogP contribution in [0.25, 0.3) is 0 Å². The third-order valence-electron chi connectivity index (χ3n) is 6.55. The van der Waals surface area contributed by atoms with Crippen LogP contribution in [0.1, 0.15) is 42.4 Å². The van der Waals surface area contributed by atoms with Gasteiger partial charge < -0.3 is 9.64 Å². The molecule has 0 aliphatic carbocycles. The Balaban J connectivity index is 1.70. The Bertz CT molecular complexity index is 894. The monoisotopic (exact) mass is 411 g/mol. The summed E-state index contributed by atoms with van der Waals surface area (Å²) in [5, 5.41) is 0. The smallest absolute Gasteiger partial charge is 0.163 e. The Hall–Kier alpha value is -1.65. The van der Waals surface area contributed by atoms with Gasteiger partial charge in [0.2, 0.25) is 0 Å². The van der Waals surface area contributed by atoms with E-state index in [0.29, 0.717) is 6.42 Å². The summed E-state index contributed by atoms with van der Waals surface area (Å²) in [4.78, 5) is 14.9. The van der Waals surface area contributed by atoms with Gasteiger partial charge in [-0.25, -0.2) is 0 Å². The van der Waals surface area contributed by atoms with Crippen LogP contribution in [0.3, 0.4) is 0 Å². The molecule has 26 heavy (non-hydrogen) atoms. The zero-order valence-corrected chi connectivity index (χ0v) is 16.6. The number of carbonyl (C=O) groups excluding carboxylic acids is 1. The molecule has 3 heterocycles. The number of Topliss-reactive ketones (excluding diaryl/α,β-unsaturated/α-hetero) is 1. The van der Waals surface area contributed by atoms with Gasteiger partial charge >= 0.3 is 0 Å². The zero-order chi connectivity index (χ0) is 18.1. The Labute approximate surface area is 162 Å². The van der Waals surface area contributed by atoms with E-state index in [0.717, 1.165) is 17.3 Å². The molecule has 0 N–H and O–H groups in total. The van der Waals surface area contributed by atoms with Crippen molar-refractivity contribution in [3.05, 3.63) is 63.6 Å². The third-order valence-corrected chi connectivity index (χ3v) is 7.05. The number of halogens is 1. The van der Waals surface area contributed by atoms with Crippen molar-refractivity contribution in [3.8, 4) is 0 Å². The van der Waals surface area contributed by atoms with E-state index in [1.54, 1.807) is 0 Å². The molecule has 2 fully saturated rings. The molecule has 0 saturated carbocycles. The molecule has 0 amide bonds. The molecule has 2 aromatic rings. The summed E-state index contributed by atoms with van der Waals surface area (Å²) in [5.41, 5.74) is 4.65. The molecule has 2 bridgehead atoms. The first-order valence-electron chi connectivity index (χ1n) is 9.37. The predicted molar refractivity (Wildman–Crippen MR) is 106 cm³/mol. The molecule has 0 aromatic heterocycles. The van der Waals surface area contributed by atoms with Gasteiger partial charge in [0.05, 0.1) is 6.04 Å². The normalized spacial score (nSPS) is 31.9. The molecule has 2 saturated heterocycles. The predicted octanol–water partition coefficient (Wildman–Crippen LogP) is 4.57. The number of rotatable bonds is 2. The van der Waals surface area contributed by atoms with E-state index < -0.39 is 5.60 Å². The van der Waals surface area contributed by atoms with Crippen LogP contribution in [0, 0.1) is 0 Å². The van der Waals surface area contributed by atoms with Crippen molar-refractivity contribution in [1.82, 2.24) is 0 Å². The Morgan fingerprint density at radius 2 is 2.00 bits per heavy atom. The number of likely N-dealkylation sites (N-methyl/N-ethyl adjacent to an activating group) is 1. The molecule has 3 aliphatic rings. The van der Waals surface area contributed by atoms with Gasteiger partial charge in [0.25, 0.3) is 0 Å². The van der Waals surface area contributed by atoms with Gasteiger partial charge in [-0.15, -0.1) is 0 Å². The molecule has 3 aliphatic heterocycles. The summed E-state index contributed by atoms with van der Waals surface area (Å²) in [5.74, 6) is 0.431. The highest BCUT2D eigenvalue weighted by Crippen LogP contribution is 2.61. The van der Waals surface area contributed by atoms with Crippen LogP contribution >= 0.6 is 15.9 Å². The lowest BCUT2D eigenvalue weighted by Gasteiger charge is -2.37. The van der Waals surface area contributed by atoms with E-state index in [1.807, 2.05) is 0 Å². The molecule has 5 rings (SSSR count). The highest BCUT2D eigenvalue weighted by Gasteiger charge is 2.64. The second kappa shape index (κ2) is 5.67. The van der Waals surface area contributed by atoms with E-state index in [9.17, 15) is 4.79 Å². The molecular formula is C22H22BrNO2. The number of aryl methyl sites for hydroxylation is 1. The number of fused-ring (bicyclic) bond motifs is 7. The minimum Gasteiger partial charge on any atom is -0.368 e. The maximum atomic E-state index is 12.7. The first-order valence-corrected chi connectivity index (χ1v) is 10.2. The van der Waals surface area contributed by atoms with E-state index in [-0.39, 0.29) is 23.8 Å². The Morgan fingerprint density at radius 1 is 1.23 bits per heavy atom. The topological polar surface area (TPSA) is 29.5 Å². The molecule has 2 aromatic carbocycles. The van der Waals surface area contributed by atoms with Gasteiger partial charge in [0, 0.05) is 29.5 Å². The summed E-state index contributed by atoms with van der Waals surface area (Å²) < 4.78 is 7.66.